The Morgan fingerprint density at radius 2 is 1.82 bits per heavy atom. The van der Waals surface area contributed by atoms with Crippen LogP contribution in [0.3, 0.4) is 0 Å². The standard InChI is InChI=1S/C22H22BrF4N5S/c23-16-3-4-17(18(12-16)33-27)31-9-7-30(8-10-31)13-15-5-6-32-19(11-14-1-2-14)28-29-21(32)20(15)22(24,25)26/h3-6,12,14H,1-2,7-11,13H2. The summed E-state index contributed by atoms with van der Waals surface area (Å²) in [5.41, 5.74) is 0.187. The Morgan fingerprint density at radius 1 is 1.06 bits per heavy atom. The van der Waals surface area contributed by atoms with Crippen LogP contribution in [0.4, 0.5) is 22.7 Å². The van der Waals surface area contributed by atoms with E-state index in [9.17, 15) is 17.1 Å². The van der Waals surface area contributed by atoms with E-state index in [1.807, 2.05) is 17.0 Å². The highest BCUT2D eigenvalue weighted by Crippen LogP contribution is 2.38. The zero-order valence-corrected chi connectivity index (χ0v) is 20.1. The van der Waals surface area contributed by atoms with Gasteiger partial charge in [0.25, 0.3) is 0 Å². The molecule has 2 aliphatic rings. The Bertz CT molecular complexity index is 1160. The summed E-state index contributed by atoms with van der Waals surface area (Å²) in [5, 5.41) is 7.98. The van der Waals surface area contributed by atoms with Gasteiger partial charge in [-0.3, -0.25) is 9.30 Å². The summed E-state index contributed by atoms with van der Waals surface area (Å²) in [4.78, 5) is 4.60. The molecule has 1 aliphatic heterocycles. The van der Waals surface area contributed by atoms with E-state index in [-0.39, 0.29) is 29.9 Å². The molecule has 2 aromatic heterocycles. The molecule has 3 heterocycles. The Hall–Kier alpha value is -1.85. The molecule has 1 saturated carbocycles. The maximum Gasteiger partial charge on any atom is 0.420 e. The van der Waals surface area contributed by atoms with Crippen LogP contribution in [0.1, 0.15) is 29.8 Å². The fourth-order valence-electron chi connectivity index (χ4n) is 4.40. The first kappa shape index (κ1) is 22.9. The summed E-state index contributed by atoms with van der Waals surface area (Å²) in [6, 6.07) is 7.01. The molecule has 0 spiro atoms. The van der Waals surface area contributed by atoms with Crippen molar-refractivity contribution in [2.75, 3.05) is 31.1 Å². The maximum atomic E-state index is 14.1. The first-order valence-corrected chi connectivity index (χ1v) is 12.3. The maximum absolute atomic E-state index is 14.1. The van der Waals surface area contributed by atoms with Crippen molar-refractivity contribution in [3.63, 3.8) is 0 Å². The molecule has 0 N–H and O–H groups in total. The molecular weight excluding hydrogens is 522 g/mol. The average molecular weight is 544 g/mol. The Kier molecular flexibility index (Phi) is 6.30. The van der Waals surface area contributed by atoms with Crippen LogP contribution in [0.2, 0.25) is 0 Å². The molecule has 176 valence electrons. The minimum Gasteiger partial charge on any atom is -0.368 e. The quantitative estimate of drug-likeness (QED) is 0.369. The smallest absolute Gasteiger partial charge is 0.368 e. The van der Waals surface area contributed by atoms with Crippen molar-refractivity contribution in [1.29, 1.82) is 0 Å². The highest BCUT2D eigenvalue weighted by molar-refractivity contribution is 9.10. The number of pyridine rings is 1. The third-order valence-electron chi connectivity index (χ3n) is 6.30. The van der Waals surface area contributed by atoms with Crippen molar-refractivity contribution in [3.05, 3.63) is 51.9 Å². The van der Waals surface area contributed by atoms with E-state index >= 15 is 0 Å². The van der Waals surface area contributed by atoms with Crippen LogP contribution in [0.15, 0.2) is 39.8 Å². The number of hydrogen-bond acceptors (Lipinski definition) is 5. The summed E-state index contributed by atoms with van der Waals surface area (Å²) in [6.07, 6.45) is -0.00259. The predicted octanol–water partition coefficient (Wildman–Crippen LogP) is 5.76. The number of fused-ring (bicyclic) bond motifs is 1. The van der Waals surface area contributed by atoms with Crippen molar-refractivity contribution in [2.45, 2.75) is 36.9 Å². The lowest BCUT2D eigenvalue weighted by Gasteiger charge is -2.37. The Balaban J connectivity index is 1.34. The van der Waals surface area contributed by atoms with Gasteiger partial charge in [0.2, 0.25) is 0 Å². The van der Waals surface area contributed by atoms with Gasteiger partial charge in [-0.05, 0) is 48.6 Å². The zero-order chi connectivity index (χ0) is 23.2. The topological polar surface area (TPSA) is 36.7 Å². The summed E-state index contributed by atoms with van der Waals surface area (Å²) < 4.78 is 57.9. The Labute approximate surface area is 201 Å². The molecule has 2 fully saturated rings. The van der Waals surface area contributed by atoms with Gasteiger partial charge in [-0.25, -0.2) is 0 Å². The number of benzene rings is 1. The lowest BCUT2D eigenvalue weighted by molar-refractivity contribution is -0.137. The van der Waals surface area contributed by atoms with Gasteiger partial charge in [0.15, 0.2) is 5.65 Å². The van der Waals surface area contributed by atoms with Gasteiger partial charge in [-0.1, -0.05) is 15.9 Å². The number of piperazine rings is 1. The van der Waals surface area contributed by atoms with E-state index in [1.54, 1.807) is 18.3 Å². The third kappa shape index (κ3) is 4.85. The van der Waals surface area contributed by atoms with Crippen molar-refractivity contribution in [3.8, 4) is 0 Å². The molecule has 0 radical (unpaired) electrons. The highest BCUT2D eigenvalue weighted by Gasteiger charge is 2.38. The second-order valence-electron chi connectivity index (χ2n) is 8.62. The van der Waals surface area contributed by atoms with Crippen LogP contribution in [0.5, 0.6) is 0 Å². The molecule has 33 heavy (non-hydrogen) atoms. The van der Waals surface area contributed by atoms with Gasteiger partial charge in [0, 0.05) is 49.8 Å². The van der Waals surface area contributed by atoms with E-state index in [1.165, 1.54) is 4.40 Å². The summed E-state index contributed by atoms with van der Waals surface area (Å²) in [5.74, 6) is 1.10. The van der Waals surface area contributed by atoms with E-state index < -0.39 is 11.7 Å². The lowest BCUT2D eigenvalue weighted by atomic mass is 10.1. The average Bonchev–Trinajstić information content (AvgIpc) is 3.52. The van der Waals surface area contributed by atoms with E-state index in [0.717, 1.165) is 23.0 Å². The minimum atomic E-state index is -4.52. The normalized spacial score (nSPS) is 17.8. The molecule has 5 nitrogen and oxygen atoms in total. The van der Waals surface area contributed by atoms with Gasteiger partial charge in [0.1, 0.15) is 11.4 Å². The van der Waals surface area contributed by atoms with Crippen LogP contribution in [0.25, 0.3) is 5.65 Å². The Morgan fingerprint density at radius 3 is 2.48 bits per heavy atom. The van der Waals surface area contributed by atoms with Gasteiger partial charge in [-0.2, -0.15) is 17.1 Å². The van der Waals surface area contributed by atoms with Crippen LogP contribution in [-0.4, -0.2) is 45.7 Å². The molecule has 11 heteroatoms. The van der Waals surface area contributed by atoms with Crippen LogP contribution in [-0.2, 0) is 19.1 Å². The number of rotatable bonds is 6. The molecule has 0 amide bonds. The molecule has 1 aromatic carbocycles. The van der Waals surface area contributed by atoms with Crippen molar-refractivity contribution in [1.82, 2.24) is 19.5 Å². The molecule has 0 atom stereocenters. The van der Waals surface area contributed by atoms with Gasteiger partial charge < -0.3 is 4.90 Å². The lowest BCUT2D eigenvalue weighted by Crippen LogP contribution is -2.46. The fraction of sp³-hybridized carbons (Fsp3) is 0.455. The van der Waals surface area contributed by atoms with E-state index in [0.29, 0.717) is 49.2 Å². The number of alkyl halides is 3. The number of hydrogen-bond donors (Lipinski definition) is 0. The zero-order valence-electron chi connectivity index (χ0n) is 17.7. The third-order valence-corrected chi connectivity index (χ3v) is 7.29. The van der Waals surface area contributed by atoms with Crippen molar-refractivity contribution >= 4 is 39.4 Å². The molecule has 5 rings (SSSR count). The molecule has 0 unspecified atom stereocenters. The number of halogens is 5. The number of aromatic nitrogens is 3. The van der Waals surface area contributed by atoms with Crippen molar-refractivity contribution < 1.29 is 17.1 Å². The second kappa shape index (κ2) is 9.07. The largest absolute Gasteiger partial charge is 0.420 e. The summed E-state index contributed by atoms with van der Waals surface area (Å²) in [7, 11) is 0. The first-order chi connectivity index (χ1) is 15.8. The summed E-state index contributed by atoms with van der Waals surface area (Å²) in [6.45, 7) is 2.54. The van der Waals surface area contributed by atoms with Gasteiger partial charge >= 0.3 is 6.18 Å². The van der Waals surface area contributed by atoms with Gasteiger partial charge in [-0.15, -0.1) is 10.2 Å². The van der Waals surface area contributed by atoms with E-state index in [4.69, 9.17) is 0 Å². The summed E-state index contributed by atoms with van der Waals surface area (Å²) >= 11 is 3.55. The number of anilines is 1. The van der Waals surface area contributed by atoms with Crippen molar-refractivity contribution in [2.24, 2.45) is 5.92 Å². The minimum absolute atomic E-state index is 0.117. The van der Waals surface area contributed by atoms with E-state index in [2.05, 4.69) is 31.0 Å². The van der Waals surface area contributed by atoms with Gasteiger partial charge in [0.05, 0.1) is 22.7 Å². The molecule has 3 aromatic rings. The predicted molar refractivity (Wildman–Crippen MR) is 123 cm³/mol. The van der Waals surface area contributed by atoms with Crippen LogP contribution < -0.4 is 4.90 Å². The monoisotopic (exact) mass is 543 g/mol. The highest BCUT2D eigenvalue weighted by atomic mass is 79.9. The second-order valence-corrected chi connectivity index (χ2v) is 10.1. The molecule has 1 saturated heterocycles. The number of nitrogens with zero attached hydrogens (tertiary/aromatic N) is 5. The molecule has 1 aliphatic carbocycles. The van der Waals surface area contributed by atoms with Crippen LogP contribution in [0, 0.1) is 5.92 Å². The fourth-order valence-corrected chi connectivity index (χ4v) is 5.36. The SMILES string of the molecule is FSc1cc(Br)ccc1N1CCN(Cc2ccn3c(CC4CC4)nnc3c2C(F)(F)F)CC1. The first-order valence-electron chi connectivity index (χ1n) is 10.8. The molecular formula is C22H22BrF4N5S. The molecule has 0 bridgehead atoms. The van der Waals surface area contributed by atoms with Crippen LogP contribution >= 0.6 is 28.1 Å².